The fraction of sp³-hybridized carbons (Fsp3) is 0. The van der Waals surface area contributed by atoms with Gasteiger partial charge in [0, 0.05) is 11.3 Å². The molecule has 12 heteroatoms. The van der Waals surface area contributed by atoms with Crippen molar-refractivity contribution in [3.63, 3.8) is 0 Å². The number of anilines is 3. The summed E-state index contributed by atoms with van der Waals surface area (Å²) in [6, 6.07) is 9.29. The highest BCUT2D eigenvalue weighted by Gasteiger charge is 2.24. The molecule has 0 radical (unpaired) electrons. The Balaban J connectivity index is 1.82. The van der Waals surface area contributed by atoms with Gasteiger partial charge in [0.2, 0.25) is 11.6 Å². The lowest BCUT2D eigenvalue weighted by Crippen LogP contribution is -2.30. The predicted molar refractivity (Wildman–Crippen MR) is 106 cm³/mol. The summed E-state index contributed by atoms with van der Waals surface area (Å²) in [6.07, 6.45) is 1.07. The van der Waals surface area contributed by atoms with E-state index < -0.39 is 22.3 Å². The van der Waals surface area contributed by atoms with Gasteiger partial charge in [-0.1, -0.05) is 23.2 Å². The second-order valence-corrected chi connectivity index (χ2v) is 6.33. The summed E-state index contributed by atoms with van der Waals surface area (Å²) in [4.78, 5) is 30.6. The molecule has 0 unspecified atom stereocenters. The number of aromatic nitrogens is 2. The minimum atomic E-state index is -0.716. The number of hydrogen-bond acceptors (Lipinski definition) is 7. The molecule has 0 saturated carbocycles. The smallest absolute Gasteiger partial charge is 0.334 e. The maximum Gasteiger partial charge on any atom is 0.355 e. The third kappa shape index (κ3) is 4.86. The van der Waals surface area contributed by atoms with E-state index >= 15 is 0 Å². The van der Waals surface area contributed by atoms with Crippen LogP contribution >= 0.6 is 23.2 Å². The molecule has 2 aromatic carbocycles. The predicted octanol–water partition coefficient (Wildman–Crippen LogP) is 4.33. The minimum absolute atomic E-state index is 0.137. The summed E-state index contributed by atoms with van der Waals surface area (Å²) in [5.41, 5.74) is 4.68. The third-order valence-corrected chi connectivity index (χ3v) is 4.33. The molecule has 0 aliphatic heterocycles. The number of hydrogen-bond donors (Lipinski definition) is 3. The van der Waals surface area contributed by atoms with E-state index in [-0.39, 0.29) is 22.2 Å². The zero-order valence-electron chi connectivity index (χ0n) is 14.3. The summed E-state index contributed by atoms with van der Waals surface area (Å²) >= 11 is 11.8. The van der Waals surface area contributed by atoms with Crippen molar-refractivity contribution in [3.05, 3.63) is 80.3 Å². The molecule has 0 aliphatic carbocycles. The molecule has 3 N–H and O–H groups in total. The second-order valence-electron chi connectivity index (χ2n) is 5.52. The van der Waals surface area contributed by atoms with Crippen LogP contribution in [0.4, 0.5) is 27.4 Å². The average molecular weight is 437 g/mol. The number of nitrogens with one attached hydrogen (secondary N) is 3. The van der Waals surface area contributed by atoms with Gasteiger partial charge in [0.25, 0.3) is 5.91 Å². The molecule has 1 aromatic heterocycles. The molecule has 3 rings (SSSR count). The van der Waals surface area contributed by atoms with Gasteiger partial charge in [0.15, 0.2) is 0 Å². The van der Waals surface area contributed by atoms with Crippen LogP contribution in [0.5, 0.6) is 0 Å². The van der Waals surface area contributed by atoms with Crippen LogP contribution in [0.3, 0.4) is 0 Å². The fourth-order valence-corrected chi connectivity index (χ4v) is 2.53. The standard InChI is InChI=1S/C17H11Cl2FN6O3/c18-12-6-5-11(7-13(12)19)23-15-14(26(28)29)16(22-8-21-15)24-25-17(27)9-1-3-10(20)4-2-9/h1-8H,(H,25,27)(H2,21,22,23,24). The number of rotatable bonds is 6. The van der Waals surface area contributed by atoms with E-state index in [1.54, 1.807) is 6.07 Å². The first-order chi connectivity index (χ1) is 13.8. The summed E-state index contributed by atoms with van der Waals surface area (Å²) in [7, 11) is 0. The highest BCUT2D eigenvalue weighted by Crippen LogP contribution is 2.32. The minimum Gasteiger partial charge on any atom is -0.334 e. The highest BCUT2D eigenvalue weighted by molar-refractivity contribution is 6.42. The molecule has 1 amide bonds. The van der Waals surface area contributed by atoms with Gasteiger partial charge in [0.05, 0.1) is 15.0 Å². The van der Waals surface area contributed by atoms with Gasteiger partial charge >= 0.3 is 5.69 Å². The molecule has 0 saturated heterocycles. The molecular weight excluding hydrogens is 426 g/mol. The molecular formula is C17H11Cl2FN6O3. The number of carbonyl (C=O) groups excluding carboxylic acids is 1. The number of benzene rings is 2. The van der Waals surface area contributed by atoms with Crippen LogP contribution < -0.4 is 16.2 Å². The van der Waals surface area contributed by atoms with Gasteiger partial charge in [-0.25, -0.2) is 14.4 Å². The van der Waals surface area contributed by atoms with Crippen molar-refractivity contribution >= 4 is 52.1 Å². The van der Waals surface area contributed by atoms with Gasteiger partial charge in [-0.2, -0.15) is 0 Å². The molecule has 1 heterocycles. The maximum atomic E-state index is 13.0. The van der Waals surface area contributed by atoms with Gasteiger partial charge in [-0.05, 0) is 42.5 Å². The van der Waals surface area contributed by atoms with Crippen LogP contribution in [0.1, 0.15) is 10.4 Å². The van der Waals surface area contributed by atoms with Crippen molar-refractivity contribution in [2.75, 3.05) is 10.7 Å². The normalized spacial score (nSPS) is 10.3. The van der Waals surface area contributed by atoms with Crippen LogP contribution in [0.15, 0.2) is 48.8 Å². The number of nitrogens with zero attached hydrogens (tertiary/aromatic N) is 3. The number of amides is 1. The highest BCUT2D eigenvalue weighted by atomic mass is 35.5. The Morgan fingerprint density at radius 2 is 1.72 bits per heavy atom. The Morgan fingerprint density at radius 3 is 2.38 bits per heavy atom. The molecule has 0 fully saturated rings. The van der Waals surface area contributed by atoms with E-state index in [1.165, 1.54) is 24.3 Å². The molecule has 148 valence electrons. The fourth-order valence-electron chi connectivity index (χ4n) is 2.23. The number of carbonyl (C=O) groups is 1. The van der Waals surface area contributed by atoms with Crippen LogP contribution in [0.2, 0.25) is 10.0 Å². The van der Waals surface area contributed by atoms with Crippen LogP contribution in [-0.2, 0) is 0 Å². The summed E-state index contributed by atoms with van der Waals surface area (Å²) in [6.45, 7) is 0. The quantitative estimate of drug-likeness (QED) is 0.388. The number of halogens is 3. The maximum absolute atomic E-state index is 13.0. The Kier molecular flexibility index (Phi) is 6.05. The van der Waals surface area contributed by atoms with Crippen molar-refractivity contribution in [1.82, 2.24) is 15.4 Å². The molecule has 29 heavy (non-hydrogen) atoms. The van der Waals surface area contributed by atoms with Gasteiger partial charge in [-0.3, -0.25) is 25.8 Å². The van der Waals surface area contributed by atoms with E-state index in [2.05, 4.69) is 26.1 Å². The first-order valence-electron chi connectivity index (χ1n) is 7.88. The number of nitro groups is 1. The number of hydrazine groups is 1. The second kappa shape index (κ2) is 8.67. The van der Waals surface area contributed by atoms with Crippen LogP contribution in [0.25, 0.3) is 0 Å². The van der Waals surface area contributed by atoms with Crippen LogP contribution in [-0.4, -0.2) is 20.8 Å². The molecule has 0 atom stereocenters. The van der Waals surface area contributed by atoms with Crippen molar-refractivity contribution in [3.8, 4) is 0 Å². The first kappa shape index (κ1) is 20.2. The Morgan fingerprint density at radius 1 is 1.03 bits per heavy atom. The van der Waals surface area contributed by atoms with Crippen molar-refractivity contribution < 1.29 is 14.1 Å². The zero-order chi connectivity index (χ0) is 21.0. The zero-order valence-corrected chi connectivity index (χ0v) is 15.8. The van der Waals surface area contributed by atoms with E-state index in [4.69, 9.17) is 23.2 Å². The van der Waals surface area contributed by atoms with E-state index in [1.807, 2.05) is 0 Å². The SMILES string of the molecule is O=C(NNc1ncnc(Nc2ccc(Cl)c(Cl)c2)c1[N+](=O)[O-])c1ccc(F)cc1. The van der Waals surface area contributed by atoms with Crippen molar-refractivity contribution in [2.45, 2.75) is 0 Å². The van der Waals surface area contributed by atoms with Gasteiger partial charge in [0.1, 0.15) is 12.1 Å². The van der Waals surface area contributed by atoms with Gasteiger partial charge in [-0.15, -0.1) is 0 Å². The van der Waals surface area contributed by atoms with Crippen molar-refractivity contribution in [1.29, 1.82) is 0 Å². The topological polar surface area (TPSA) is 122 Å². The largest absolute Gasteiger partial charge is 0.355 e. The Bertz CT molecular complexity index is 1080. The molecule has 3 aromatic rings. The molecule has 0 bridgehead atoms. The lowest BCUT2D eigenvalue weighted by Gasteiger charge is -2.11. The monoisotopic (exact) mass is 436 g/mol. The van der Waals surface area contributed by atoms with E-state index in [0.717, 1.165) is 18.5 Å². The van der Waals surface area contributed by atoms with Gasteiger partial charge < -0.3 is 5.32 Å². The van der Waals surface area contributed by atoms with E-state index in [9.17, 15) is 19.3 Å². The van der Waals surface area contributed by atoms with Crippen LogP contribution in [0, 0.1) is 15.9 Å². The van der Waals surface area contributed by atoms with E-state index in [0.29, 0.717) is 10.7 Å². The van der Waals surface area contributed by atoms with Crippen molar-refractivity contribution in [2.24, 2.45) is 0 Å². The third-order valence-electron chi connectivity index (χ3n) is 3.59. The Hall–Kier alpha value is -3.50. The summed E-state index contributed by atoms with van der Waals surface area (Å²) < 4.78 is 13.0. The summed E-state index contributed by atoms with van der Waals surface area (Å²) in [5.74, 6) is -1.54. The molecule has 0 spiro atoms. The molecule has 9 nitrogen and oxygen atoms in total. The lowest BCUT2D eigenvalue weighted by molar-refractivity contribution is -0.383. The molecule has 0 aliphatic rings. The first-order valence-corrected chi connectivity index (χ1v) is 8.64. The summed E-state index contributed by atoms with van der Waals surface area (Å²) in [5, 5.41) is 14.9. The average Bonchev–Trinajstić information content (AvgIpc) is 2.69. The Labute approximate surface area is 173 Å². The lowest BCUT2D eigenvalue weighted by atomic mass is 10.2.